The molecule has 0 bridgehead atoms. The van der Waals surface area contributed by atoms with E-state index in [1.54, 1.807) is 42.7 Å². The van der Waals surface area contributed by atoms with Gasteiger partial charge in [-0.05, 0) is 30.3 Å². The van der Waals surface area contributed by atoms with Crippen LogP contribution in [0.4, 0.5) is 0 Å². The van der Waals surface area contributed by atoms with E-state index in [4.69, 9.17) is 14.2 Å². The second-order valence-corrected chi connectivity index (χ2v) is 4.58. The highest BCUT2D eigenvalue weighted by molar-refractivity contribution is 5.95. The van der Waals surface area contributed by atoms with Crippen LogP contribution in [-0.2, 0) is 0 Å². The molecule has 2 aromatic rings. The minimum Gasteiger partial charge on any atom is -0.479 e. The van der Waals surface area contributed by atoms with Crippen LogP contribution in [0, 0.1) is 11.8 Å². The van der Waals surface area contributed by atoms with Gasteiger partial charge in [-0.1, -0.05) is 11.8 Å². The Balaban J connectivity index is 1.44. The lowest BCUT2D eigenvalue weighted by Crippen LogP contribution is -2.23. The lowest BCUT2D eigenvalue weighted by atomic mass is 10.2. The average molecular weight is 310 g/mol. The van der Waals surface area contributed by atoms with Gasteiger partial charge in [-0.3, -0.25) is 9.78 Å². The summed E-state index contributed by atoms with van der Waals surface area (Å²) in [6.07, 6.45) is 3.29. The van der Waals surface area contributed by atoms with Crippen molar-refractivity contribution < 1.29 is 19.0 Å². The number of aromatic nitrogens is 1. The third kappa shape index (κ3) is 3.92. The minimum absolute atomic E-state index is 0.183. The number of nitrogens with zero attached hydrogens (tertiary/aromatic N) is 1. The van der Waals surface area contributed by atoms with Gasteiger partial charge in [0.1, 0.15) is 12.4 Å². The van der Waals surface area contributed by atoms with E-state index in [1.165, 1.54) is 0 Å². The van der Waals surface area contributed by atoms with E-state index >= 15 is 0 Å². The van der Waals surface area contributed by atoms with Crippen LogP contribution >= 0.6 is 0 Å². The Morgan fingerprint density at radius 3 is 3.04 bits per heavy atom. The lowest BCUT2D eigenvalue weighted by Gasteiger charge is -2.03. The molecule has 23 heavy (non-hydrogen) atoms. The predicted octanol–water partition coefficient (Wildman–Crippen LogP) is 1.62. The number of benzene rings is 1. The van der Waals surface area contributed by atoms with Crippen LogP contribution in [0.5, 0.6) is 17.2 Å². The first-order valence-corrected chi connectivity index (χ1v) is 6.99. The number of fused-ring (bicyclic) bond motifs is 1. The van der Waals surface area contributed by atoms with Crippen LogP contribution in [0.25, 0.3) is 0 Å². The first-order chi connectivity index (χ1) is 11.3. The fourth-order valence-corrected chi connectivity index (χ4v) is 1.93. The third-order valence-electron chi connectivity index (χ3n) is 3.04. The minimum atomic E-state index is -0.217. The summed E-state index contributed by atoms with van der Waals surface area (Å²) in [4.78, 5) is 15.9. The summed E-state index contributed by atoms with van der Waals surface area (Å²) in [5.41, 5.74) is 0.502. The lowest BCUT2D eigenvalue weighted by molar-refractivity contribution is 0.0958. The maximum Gasteiger partial charge on any atom is 0.252 e. The van der Waals surface area contributed by atoms with Crippen molar-refractivity contribution in [2.24, 2.45) is 0 Å². The van der Waals surface area contributed by atoms with Crippen LogP contribution in [0.15, 0.2) is 42.7 Å². The molecule has 0 unspecified atom stereocenters. The van der Waals surface area contributed by atoms with Crippen LogP contribution in [-0.4, -0.2) is 30.8 Å². The molecule has 6 heteroatoms. The van der Waals surface area contributed by atoms with Crippen molar-refractivity contribution in [3.63, 3.8) is 0 Å². The Bertz CT molecular complexity index is 750. The topological polar surface area (TPSA) is 69.7 Å². The van der Waals surface area contributed by atoms with Gasteiger partial charge in [0.15, 0.2) is 11.5 Å². The van der Waals surface area contributed by atoms with Crippen molar-refractivity contribution in [1.82, 2.24) is 10.3 Å². The highest BCUT2D eigenvalue weighted by Gasteiger charge is 2.15. The van der Waals surface area contributed by atoms with E-state index in [-0.39, 0.29) is 25.9 Å². The van der Waals surface area contributed by atoms with Gasteiger partial charge in [-0.2, -0.15) is 0 Å². The Kier molecular flexibility index (Phi) is 4.60. The molecular formula is C17H14N2O4. The Hall–Kier alpha value is -3.20. The molecule has 6 nitrogen and oxygen atoms in total. The normalized spacial score (nSPS) is 11.3. The molecule has 0 saturated carbocycles. The number of hydrogen-bond acceptors (Lipinski definition) is 5. The van der Waals surface area contributed by atoms with Gasteiger partial charge in [0, 0.05) is 11.8 Å². The van der Waals surface area contributed by atoms with Crippen LogP contribution < -0.4 is 19.5 Å². The maximum atomic E-state index is 12.0. The summed E-state index contributed by atoms with van der Waals surface area (Å²) in [7, 11) is 0. The Labute approximate surface area is 133 Å². The first kappa shape index (κ1) is 14.7. The molecule has 1 amide bonds. The Morgan fingerprint density at radius 1 is 1.26 bits per heavy atom. The van der Waals surface area contributed by atoms with E-state index in [0.717, 1.165) is 0 Å². The van der Waals surface area contributed by atoms with Gasteiger partial charge in [-0.25, -0.2) is 0 Å². The molecule has 1 aliphatic heterocycles. The van der Waals surface area contributed by atoms with Crippen molar-refractivity contribution in [2.45, 2.75) is 0 Å². The number of hydrogen-bond donors (Lipinski definition) is 1. The standard InChI is InChI=1S/C17H14N2O4/c20-17(13-5-6-15-16(10-13)23-12-22-15)19-8-1-2-9-21-14-4-3-7-18-11-14/h3-7,10-11H,8-9,12H2,(H,19,20). The van der Waals surface area contributed by atoms with Crippen molar-refractivity contribution in [3.05, 3.63) is 48.3 Å². The molecule has 1 N–H and O–H groups in total. The summed E-state index contributed by atoms with van der Waals surface area (Å²) >= 11 is 0. The molecule has 1 aromatic carbocycles. The molecule has 3 rings (SSSR count). The quantitative estimate of drug-likeness (QED) is 0.869. The highest BCUT2D eigenvalue weighted by atomic mass is 16.7. The summed E-state index contributed by atoms with van der Waals surface area (Å²) in [5.74, 6) is 7.31. The van der Waals surface area contributed by atoms with E-state index < -0.39 is 0 Å². The number of carbonyl (C=O) groups is 1. The molecule has 1 aliphatic rings. The second-order valence-electron chi connectivity index (χ2n) is 4.58. The zero-order chi connectivity index (χ0) is 15.9. The average Bonchev–Trinajstić information content (AvgIpc) is 3.06. The van der Waals surface area contributed by atoms with E-state index in [1.807, 2.05) is 0 Å². The third-order valence-corrected chi connectivity index (χ3v) is 3.04. The first-order valence-electron chi connectivity index (χ1n) is 6.99. The van der Waals surface area contributed by atoms with Crippen molar-refractivity contribution in [2.75, 3.05) is 19.9 Å². The number of carbonyl (C=O) groups excluding carboxylic acids is 1. The smallest absolute Gasteiger partial charge is 0.252 e. The molecule has 1 aromatic heterocycles. The van der Waals surface area contributed by atoms with E-state index in [2.05, 4.69) is 22.1 Å². The highest BCUT2D eigenvalue weighted by Crippen LogP contribution is 2.32. The predicted molar refractivity (Wildman–Crippen MR) is 82.4 cm³/mol. The van der Waals surface area contributed by atoms with Gasteiger partial charge in [0.05, 0.1) is 12.7 Å². The zero-order valence-electron chi connectivity index (χ0n) is 12.2. The molecule has 0 spiro atoms. The summed E-state index contributed by atoms with van der Waals surface area (Å²) in [5, 5.41) is 2.71. The van der Waals surface area contributed by atoms with Gasteiger partial charge in [0.2, 0.25) is 6.79 Å². The molecule has 0 saturated heterocycles. The number of rotatable bonds is 4. The molecule has 0 radical (unpaired) electrons. The number of amides is 1. The fourth-order valence-electron chi connectivity index (χ4n) is 1.93. The SMILES string of the molecule is O=C(NCC#CCOc1cccnc1)c1ccc2c(c1)OCO2. The van der Waals surface area contributed by atoms with E-state index in [9.17, 15) is 4.79 Å². The molecule has 0 aliphatic carbocycles. The summed E-state index contributed by atoms with van der Waals surface area (Å²) in [6.45, 7) is 0.665. The molecule has 2 heterocycles. The second kappa shape index (κ2) is 7.18. The largest absolute Gasteiger partial charge is 0.479 e. The molecular weight excluding hydrogens is 296 g/mol. The van der Waals surface area contributed by atoms with Gasteiger partial charge >= 0.3 is 0 Å². The van der Waals surface area contributed by atoms with Gasteiger partial charge in [0.25, 0.3) is 5.91 Å². The van der Waals surface area contributed by atoms with Crippen molar-refractivity contribution in [3.8, 4) is 29.1 Å². The molecule has 116 valence electrons. The number of ether oxygens (including phenoxy) is 3. The van der Waals surface area contributed by atoms with Crippen LogP contribution in [0.1, 0.15) is 10.4 Å². The van der Waals surface area contributed by atoms with Crippen LogP contribution in [0.3, 0.4) is 0 Å². The van der Waals surface area contributed by atoms with Crippen molar-refractivity contribution >= 4 is 5.91 Å². The summed E-state index contributed by atoms with van der Waals surface area (Å²) in [6, 6.07) is 8.63. The Morgan fingerprint density at radius 2 is 2.17 bits per heavy atom. The maximum absolute atomic E-state index is 12.0. The summed E-state index contributed by atoms with van der Waals surface area (Å²) < 4.78 is 15.8. The fraction of sp³-hybridized carbons (Fsp3) is 0.176. The molecule has 0 atom stereocenters. The van der Waals surface area contributed by atoms with Crippen LogP contribution in [0.2, 0.25) is 0 Å². The number of nitrogens with one attached hydrogen (secondary N) is 1. The van der Waals surface area contributed by atoms with E-state index in [0.29, 0.717) is 22.8 Å². The molecule has 0 fully saturated rings. The number of pyridine rings is 1. The van der Waals surface area contributed by atoms with Gasteiger partial charge in [-0.15, -0.1) is 0 Å². The van der Waals surface area contributed by atoms with Crippen molar-refractivity contribution in [1.29, 1.82) is 0 Å². The van der Waals surface area contributed by atoms with Gasteiger partial charge < -0.3 is 19.5 Å². The monoisotopic (exact) mass is 310 g/mol. The zero-order valence-corrected chi connectivity index (χ0v) is 12.2.